The van der Waals surface area contributed by atoms with E-state index in [4.69, 9.17) is 4.74 Å². The predicted octanol–water partition coefficient (Wildman–Crippen LogP) is 8.00. The summed E-state index contributed by atoms with van der Waals surface area (Å²) in [6.45, 7) is 10.7. The zero-order chi connectivity index (χ0) is 39.6. The molecule has 2 N–H and O–H groups in total. The maximum atomic E-state index is 14.8. The van der Waals surface area contributed by atoms with Crippen molar-refractivity contribution < 1.29 is 19.0 Å². The first-order valence-electron chi connectivity index (χ1n) is 19.1. The number of nitrogens with zero attached hydrogens (tertiary/aromatic N) is 8. The number of hydrogen-bond donors (Lipinski definition) is 2. The summed E-state index contributed by atoms with van der Waals surface area (Å²) in [5.74, 6) is 5.68. The van der Waals surface area contributed by atoms with Gasteiger partial charge >= 0.3 is 5.97 Å². The normalized spacial score (nSPS) is 13.9. The van der Waals surface area contributed by atoms with Gasteiger partial charge in [-0.25, -0.2) is 29.2 Å². The smallest absolute Gasteiger partial charge is 0.355 e. The van der Waals surface area contributed by atoms with Gasteiger partial charge < -0.3 is 20.1 Å². The number of aryl methyl sites for hydroxylation is 2. The molecule has 3 aromatic heterocycles. The minimum atomic E-state index is -1.10. The van der Waals surface area contributed by atoms with E-state index in [2.05, 4.69) is 61.2 Å². The Labute approximate surface area is 336 Å². The number of rotatable bonds is 17. The Morgan fingerprint density at radius 1 is 1.09 bits per heavy atom. The van der Waals surface area contributed by atoms with Crippen LogP contribution in [0.15, 0.2) is 48.5 Å². The summed E-state index contributed by atoms with van der Waals surface area (Å²) in [5.41, 5.74) is 2.35. The van der Waals surface area contributed by atoms with Gasteiger partial charge in [0.15, 0.2) is 39.2 Å². The van der Waals surface area contributed by atoms with Gasteiger partial charge in [-0.05, 0) is 102 Å². The highest BCUT2D eigenvalue weighted by Gasteiger charge is 2.26. The summed E-state index contributed by atoms with van der Waals surface area (Å²) in [6, 6.07) is 14.8. The number of aromatic nitrogens is 4. The molecule has 1 unspecified atom stereocenters. The zero-order valence-electron chi connectivity index (χ0n) is 32.7. The highest BCUT2D eigenvalue weighted by Crippen LogP contribution is 2.35. The second-order valence-electron chi connectivity index (χ2n) is 14.1. The number of thiazole rings is 2. The van der Waals surface area contributed by atoms with E-state index in [-0.39, 0.29) is 24.1 Å². The lowest BCUT2D eigenvalue weighted by Crippen LogP contribution is -2.50. The lowest BCUT2D eigenvalue weighted by atomic mass is 10.1. The Morgan fingerprint density at radius 3 is 2.61 bits per heavy atom. The van der Waals surface area contributed by atoms with Crippen molar-refractivity contribution in [3.05, 3.63) is 76.0 Å². The van der Waals surface area contributed by atoms with Gasteiger partial charge in [-0.2, -0.15) is 0 Å². The van der Waals surface area contributed by atoms with Gasteiger partial charge in [0.2, 0.25) is 0 Å². The van der Waals surface area contributed by atoms with Crippen LogP contribution in [0.1, 0.15) is 72.4 Å². The average molecular weight is 800 g/mol. The molecule has 4 heterocycles. The first-order valence-corrected chi connectivity index (χ1v) is 20.8. The fourth-order valence-electron chi connectivity index (χ4n) is 6.65. The van der Waals surface area contributed by atoms with E-state index in [9.17, 15) is 14.3 Å². The highest BCUT2D eigenvalue weighted by molar-refractivity contribution is 7.22. The molecule has 15 heteroatoms. The molecule has 0 saturated carbocycles. The molecule has 0 aliphatic carbocycles. The van der Waals surface area contributed by atoms with Gasteiger partial charge in [-0.3, -0.25) is 4.90 Å². The minimum absolute atomic E-state index is 0.00261. The molecule has 1 aliphatic rings. The Balaban J connectivity index is 1.19. The van der Waals surface area contributed by atoms with Gasteiger partial charge in [-0.1, -0.05) is 48.7 Å². The number of hydrogen-bond acceptors (Lipinski definition) is 13. The standard InChI is InChI=1S/C41H50FN9O3S2/c1-6-51(49-22-10-7-11-23-49)29(3)20-24-50(36-26-28(2)38(47-46-36)45-40-43-32-15-8-9-16-34(32)55-40)41-44-37(39(52)53)35(56-41)17-13-25-54-33-19-18-30(27-31(33)42)14-12-21-48(4)5/h8-9,15-16,18-19,26-27,29H,6-7,10-11,13,17,20-25H2,1-5H3,(H,52,53)(H,43,45,47). The molecule has 0 bridgehead atoms. The average Bonchev–Trinajstić information content (AvgIpc) is 3.80. The molecule has 2 aromatic carbocycles. The molecular formula is C41H50FN9O3S2. The summed E-state index contributed by atoms with van der Waals surface area (Å²) in [5, 5.41) is 29.0. The molecule has 56 heavy (non-hydrogen) atoms. The summed E-state index contributed by atoms with van der Waals surface area (Å²) >= 11 is 2.88. The molecule has 296 valence electrons. The quantitative estimate of drug-likeness (QED) is 0.0700. The van der Waals surface area contributed by atoms with Gasteiger partial charge in [0.25, 0.3) is 0 Å². The van der Waals surface area contributed by atoms with Crippen LogP contribution in [-0.4, -0.2) is 106 Å². The molecule has 12 nitrogen and oxygen atoms in total. The third-order valence-corrected chi connectivity index (χ3v) is 11.6. The number of anilines is 4. The van der Waals surface area contributed by atoms with E-state index in [0.717, 1.165) is 47.0 Å². The Bertz CT molecular complexity index is 2130. The van der Waals surface area contributed by atoms with E-state index in [0.29, 0.717) is 53.1 Å². The molecule has 1 atom stereocenters. The van der Waals surface area contributed by atoms with E-state index in [1.165, 1.54) is 36.7 Å². The molecule has 0 amide bonds. The van der Waals surface area contributed by atoms with Gasteiger partial charge in [-0.15, -0.1) is 21.5 Å². The molecule has 1 fully saturated rings. The van der Waals surface area contributed by atoms with Crippen molar-refractivity contribution in [1.82, 2.24) is 35.1 Å². The van der Waals surface area contributed by atoms with Crippen LogP contribution in [0.3, 0.4) is 0 Å². The van der Waals surface area contributed by atoms with E-state index >= 15 is 0 Å². The number of hydrazine groups is 1. The van der Waals surface area contributed by atoms with Crippen molar-refractivity contribution in [2.45, 2.75) is 65.3 Å². The molecule has 1 saturated heterocycles. The maximum absolute atomic E-state index is 14.8. The molecular weight excluding hydrogens is 750 g/mol. The van der Waals surface area contributed by atoms with Crippen LogP contribution in [0.5, 0.6) is 5.75 Å². The van der Waals surface area contributed by atoms with Crippen molar-refractivity contribution in [3.8, 4) is 17.6 Å². The van der Waals surface area contributed by atoms with Crippen molar-refractivity contribution in [2.75, 3.05) is 63.6 Å². The number of nitrogens with one attached hydrogen (secondary N) is 1. The van der Waals surface area contributed by atoms with Crippen LogP contribution in [0.2, 0.25) is 0 Å². The van der Waals surface area contributed by atoms with Gasteiger partial charge in [0.1, 0.15) is 0 Å². The van der Waals surface area contributed by atoms with E-state index in [1.54, 1.807) is 23.5 Å². The van der Waals surface area contributed by atoms with Gasteiger partial charge in [0, 0.05) is 42.7 Å². The number of piperidine rings is 1. The van der Waals surface area contributed by atoms with Crippen molar-refractivity contribution in [3.63, 3.8) is 0 Å². The van der Waals surface area contributed by atoms with E-state index < -0.39 is 11.8 Å². The van der Waals surface area contributed by atoms with Crippen LogP contribution < -0.4 is 15.0 Å². The summed E-state index contributed by atoms with van der Waals surface area (Å²) in [4.78, 5) is 26.4. The number of benzene rings is 2. The van der Waals surface area contributed by atoms with E-state index in [1.807, 2.05) is 61.2 Å². The van der Waals surface area contributed by atoms with Crippen LogP contribution >= 0.6 is 22.7 Å². The first-order chi connectivity index (χ1) is 27.1. The maximum Gasteiger partial charge on any atom is 0.355 e. The Hall–Kier alpha value is -4.72. The Morgan fingerprint density at radius 2 is 1.89 bits per heavy atom. The highest BCUT2D eigenvalue weighted by atomic mass is 32.1. The fraction of sp³-hybridized carbons (Fsp3) is 0.439. The summed E-state index contributed by atoms with van der Waals surface area (Å²) in [7, 11) is 3.84. The monoisotopic (exact) mass is 799 g/mol. The molecule has 5 aromatic rings. The minimum Gasteiger partial charge on any atom is -0.491 e. The number of carboxylic acid groups (broad SMARTS) is 1. The molecule has 0 radical (unpaired) electrons. The third kappa shape index (κ3) is 10.6. The fourth-order valence-corrected chi connectivity index (χ4v) is 8.65. The molecule has 6 rings (SSSR count). The number of carboxylic acids is 1. The Kier molecular flexibility index (Phi) is 14.2. The number of ether oxygens (including phenoxy) is 1. The molecule has 1 aliphatic heterocycles. The summed E-state index contributed by atoms with van der Waals surface area (Å²) < 4.78 is 21.7. The largest absolute Gasteiger partial charge is 0.491 e. The number of para-hydroxylation sites is 1. The molecule has 0 spiro atoms. The van der Waals surface area contributed by atoms with Crippen LogP contribution in [0, 0.1) is 24.6 Å². The van der Waals surface area contributed by atoms with Crippen molar-refractivity contribution >= 4 is 60.8 Å². The third-order valence-electron chi connectivity index (χ3n) is 9.55. The lowest BCUT2D eigenvalue weighted by Gasteiger charge is -2.41. The van der Waals surface area contributed by atoms with Crippen LogP contribution in [0.25, 0.3) is 10.2 Å². The van der Waals surface area contributed by atoms with Crippen molar-refractivity contribution in [2.24, 2.45) is 0 Å². The topological polar surface area (TPSA) is 123 Å². The first kappa shape index (κ1) is 40.9. The predicted molar refractivity (Wildman–Crippen MR) is 223 cm³/mol. The van der Waals surface area contributed by atoms with Crippen LogP contribution in [-0.2, 0) is 6.42 Å². The lowest BCUT2D eigenvalue weighted by molar-refractivity contribution is -0.0653. The van der Waals surface area contributed by atoms with Crippen LogP contribution in [0.4, 0.5) is 26.3 Å². The number of carbonyl (C=O) groups is 1. The van der Waals surface area contributed by atoms with Crippen molar-refractivity contribution in [1.29, 1.82) is 0 Å². The number of fused-ring (bicyclic) bond motifs is 1. The number of halogens is 1. The SMILES string of the molecule is CCN(C(C)CCN(c1cc(C)c(Nc2nc3ccccc3s2)nn1)c1nc(C(=O)O)c(CCCOc2ccc(C#CCN(C)C)cc2F)s1)N1CCCCC1. The second-order valence-corrected chi connectivity index (χ2v) is 16.2. The second kappa shape index (κ2) is 19.4. The van der Waals surface area contributed by atoms with Gasteiger partial charge in [0.05, 0.1) is 23.4 Å². The summed E-state index contributed by atoms with van der Waals surface area (Å²) in [6.07, 6.45) is 5.30. The zero-order valence-corrected chi connectivity index (χ0v) is 34.4. The number of aromatic carboxylic acids is 1.